The Morgan fingerprint density at radius 2 is 2.15 bits per heavy atom. The molecule has 9 nitrogen and oxygen atoms in total. The SMILES string of the molecule is O=C(O)NCc1cc([C@@H]2CC[C@@H]3CN2C(=O)N3OCc2ccccc2)no1. The molecule has 0 unspecified atom stereocenters. The molecule has 1 aromatic carbocycles. The highest BCUT2D eigenvalue weighted by atomic mass is 16.7. The zero-order valence-electron chi connectivity index (χ0n) is 14.6. The average molecular weight is 372 g/mol. The van der Waals surface area contributed by atoms with E-state index < -0.39 is 6.09 Å². The van der Waals surface area contributed by atoms with Gasteiger partial charge in [0.05, 0.1) is 18.6 Å². The number of hydroxylamine groups is 2. The van der Waals surface area contributed by atoms with E-state index in [0.29, 0.717) is 24.6 Å². The van der Waals surface area contributed by atoms with Crippen molar-refractivity contribution in [2.45, 2.75) is 38.1 Å². The molecule has 0 radical (unpaired) electrons. The van der Waals surface area contributed by atoms with Crippen molar-refractivity contribution < 1.29 is 24.1 Å². The van der Waals surface area contributed by atoms with Gasteiger partial charge in [0.1, 0.15) is 12.3 Å². The summed E-state index contributed by atoms with van der Waals surface area (Å²) in [6.45, 7) is 0.961. The quantitative estimate of drug-likeness (QED) is 0.807. The van der Waals surface area contributed by atoms with Crippen LogP contribution < -0.4 is 5.32 Å². The fourth-order valence-corrected chi connectivity index (χ4v) is 3.56. The third kappa shape index (κ3) is 3.59. The maximum absolute atomic E-state index is 12.8. The van der Waals surface area contributed by atoms with E-state index in [-0.39, 0.29) is 24.7 Å². The zero-order chi connectivity index (χ0) is 18.8. The molecule has 3 heterocycles. The fourth-order valence-electron chi connectivity index (χ4n) is 3.56. The monoisotopic (exact) mass is 372 g/mol. The number of hydrogen-bond donors (Lipinski definition) is 2. The molecule has 2 saturated heterocycles. The first-order valence-electron chi connectivity index (χ1n) is 8.81. The van der Waals surface area contributed by atoms with E-state index >= 15 is 0 Å². The van der Waals surface area contributed by atoms with Gasteiger partial charge in [-0.05, 0) is 18.4 Å². The van der Waals surface area contributed by atoms with Crippen LogP contribution in [0.15, 0.2) is 40.9 Å². The number of rotatable bonds is 6. The van der Waals surface area contributed by atoms with Gasteiger partial charge in [-0.3, -0.25) is 4.84 Å². The molecular formula is C18H20N4O5. The lowest BCUT2D eigenvalue weighted by atomic mass is 9.98. The lowest BCUT2D eigenvalue weighted by Gasteiger charge is -2.28. The fraction of sp³-hybridized carbons (Fsp3) is 0.389. The van der Waals surface area contributed by atoms with Crippen LogP contribution in [0, 0.1) is 0 Å². The number of amides is 3. The van der Waals surface area contributed by atoms with Gasteiger partial charge in [-0.2, -0.15) is 5.06 Å². The lowest BCUT2D eigenvalue weighted by molar-refractivity contribution is -0.140. The number of fused-ring (bicyclic) bond motifs is 2. The van der Waals surface area contributed by atoms with Gasteiger partial charge >= 0.3 is 12.1 Å². The molecule has 0 aliphatic carbocycles. The van der Waals surface area contributed by atoms with Crippen molar-refractivity contribution in [3.8, 4) is 0 Å². The van der Waals surface area contributed by atoms with Crippen LogP contribution in [-0.2, 0) is 18.0 Å². The summed E-state index contributed by atoms with van der Waals surface area (Å²) in [5.41, 5.74) is 1.64. The molecule has 2 atom stereocenters. The Balaban J connectivity index is 1.41. The Bertz CT molecular complexity index is 824. The number of nitrogens with zero attached hydrogens (tertiary/aromatic N) is 3. The van der Waals surface area contributed by atoms with Gasteiger partial charge in [-0.15, -0.1) is 0 Å². The first kappa shape index (κ1) is 17.3. The molecule has 2 aliphatic rings. The van der Waals surface area contributed by atoms with Crippen LogP contribution >= 0.6 is 0 Å². The molecule has 2 fully saturated rings. The van der Waals surface area contributed by atoms with E-state index in [1.807, 2.05) is 30.3 Å². The standard InChI is InChI=1S/C18H20N4O5/c23-17(24)19-9-14-8-15(20-27-14)16-7-6-13-10-21(16)18(25)22(13)26-11-12-4-2-1-3-5-12/h1-5,8,13,16,19H,6-7,9-11H2,(H,23,24)/t13-,16+/m1/s1. The highest BCUT2D eigenvalue weighted by Gasteiger charge is 2.46. The number of aromatic nitrogens is 1. The molecule has 2 aliphatic heterocycles. The third-order valence-corrected chi connectivity index (χ3v) is 4.87. The van der Waals surface area contributed by atoms with Gasteiger partial charge < -0.3 is 19.8 Å². The largest absolute Gasteiger partial charge is 0.465 e. The molecule has 2 bridgehead atoms. The second kappa shape index (κ2) is 7.28. The third-order valence-electron chi connectivity index (χ3n) is 4.87. The summed E-state index contributed by atoms with van der Waals surface area (Å²) in [7, 11) is 0. The zero-order valence-corrected chi connectivity index (χ0v) is 14.6. The van der Waals surface area contributed by atoms with Crippen LogP contribution in [0.25, 0.3) is 0 Å². The smallest absolute Gasteiger partial charge is 0.405 e. The Kier molecular flexibility index (Phi) is 4.68. The molecule has 0 saturated carbocycles. The summed E-state index contributed by atoms with van der Waals surface area (Å²) < 4.78 is 5.18. The predicted molar refractivity (Wildman–Crippen MR) is 92.3 cm³/mol. The lowest BCUT2D eigenvalue weighted by Crippen LogP contribution is -2.34. The van der Waals surface area contributed by atoms with Gasteiger partial charge in [0.15, 0.2) is 5.76 Å². The second-order valence-corrected chi connectivity index (χ2v) is 6.64. The van der Waals surface area contributed by atoms with Crippen molar-refractivity contribution in [1.82, 2.24) is 20.4 Å². The normalized spacial score (nSPS) is 21.6. The minimum absolute atomic E-state index is 0.0255. The number of nitrogens with one attached hydrogen (secondary N) is 1. The van der Waals surface area contributed by atoms with Crippen LogP contribution in [0.3, 0.4) is 0 Å². The minimum atomic E-state index is -1.13. The summed E-state index contributed by atoms with van der Waals surface area (Å²) in [4.78, 5) is 30.9. The first-order valence-corrected chi connectivity index (χ1v) is 8.81. The van der Waals surface area contributed by atoms with Crippen LogP contribution in [0.2, 0.25) is 0 Å². The molecule has 4 rings (SSSR count). The number of benzene rings is 1. The highest BCUT2D eigenvalue weighted by molar-refractivity contribution is 5.77. The van der Waals surface area contributed by atoms with Crippen molar-refractivity contribution in [3.05, 3.63) is 53.4 Å². The van der Waals surface area contributed by atoms with Gasteiger partial charge in [-0.1, -0.05) is 35.5 Å². The van der Waals surface area contributed by atoms with Crippen LogP contribution in [-0.4, -0.2) is 44.9 Å². The van der Waals surface area contributed by atoms with Crippen LogP contribution in [0.1, 0.15) is 35.9 Å². The van der Waals surface area contributed by atoms with E-state index in [4.69, 9.17) is 14.5 Å². The molecule has 0 spiro atoms. The van der Waals surface area contributed by atoms with Crippen LogP contribution in [0.4, 0.5) is 9.59 Å². The molecular weight excluding hydrogens is 352 g/mol. The van der Waals surface area contributed by atoms with Crippen molar-refractivity contribution in [2.24, 2.45) is 0 Å². The summed E-state index contributed by atoms with van der Waals surface area (Å²) in [6.07, 6.45) is 0.423. The molecule has 2 N–H and O–H groups in total. The predicted octanol–water partition coefficient (Wildman–Crippen LogP) is 2.52. The summed E-state index contributed by atoms with van der Waals surface area (Å²) in [5, 5.41) is 16.4. The summed E-state index contributed by atoms with van der Waals surface area (Å²) in [6, 6.07) is 11.1. The number of urea groups is 1. The number of carbonyl (C=O) groups excluding carboxylic acids is 1. The van der Waals surface area contributed by atoms with E-state index in [9.17, 15) is 9.59 Å². The first-order chi connectivity index (χ1) is 13.1. The Morgan fingerprint density at radius 3 is 2.93 bits per heavy atom. The van der Waals surface area contributed by atoms with Crippen molar-refractivity contribution >= 4 is 12.1 Å². The van der Waals surface area contributed by atoms with Gasteiger partial charge in [0.25, 0.3) is 0 Å². The maximum atomic E-state index is 12.8. The average Bonchev–Trinajstić information content (AvgIpc) is 3.24. The molecule has 9 heteroatoms. The highest BCUT2D eigenvalue weighted by Crippen LogP contribution is 2.38. The summed E-state index contributed by atoms with van der Waals surface area (Å²) >= 11 is 0. The van der Waals surface area contributed by atoms with E-state index in [1.165, 1.54) is 5.06 Å². The van der Waals surface area contributed by atoms with E-state index in [2.05, 4.69) is 10.5 Å². The van der Waals surface area contributed by atoms with Gasteiger partial charge in [-0.25, -0.2) is 9.59 Å². The molecule has 27 heavy (non-hydrogen) atoms. The van der Waals surface area contributed by atoms with Crippen LogP contribution in [0.5, 0.6) is 0 Å². The Morgan fingerprint density at radius 1 is 1.33 bits per heavy atom. The Labute approximate surface area is 155 Å². The van der Waals surface area contributed by atoms with Crippen molar-refractivity contribution in [3.63, 3.8) is 0 Å². The van der Waals surface area contributed by atoms with E-state index in [1.54, 1.807) is 11.0 Å². The summed E-state index contributed by atoms with van der Waals surface area (Å²) in [5.74, 6) is 0.415. The molecule has 1 aromatic heterocycles. The minimum Gasteiger partial charge on any atom is -0.465 e. The van der Waals surface area contributed by atoms with Gasteiger partial charge in [0, 0.05) is 12.6 Å². The molecule has 142 valence electrons. The van der Waals surface area contributed by atoms with Crippen molar-refractivity contribution in [1.29, 1.82) is 0 Å². The molecule has 2 aromatic rings. The topological polar surface area (TPSA) is 108 Å². The maximum Gasteiger partial charge on any atom is 0.405 e. The Hall–Kier alpha value is -3.07. The number of piperidine rings is 1. The number of carbonyl (C=O) groups is 2. The second-order valence-electron chi connectivity index (χ2n) is 6.64. The van der Waals surface area contributed by atoms with E-state index in [0.717, 1.165) is 18.4 Å². The molecule has 3 amide bonds. The number of carboxylic acid groups (broad SMARTS) is 1. The van der Waals surface area contributed by atoms with Gasteiger partial charge in [0.2, 0.25) is 0 Å². The number of hydrogen-bond acceptors (Lipinski definition) is 5. The van der Waals surface area contributed by atoms with Crippen molar-refractivity contribution in [2.75, 3.05) is 6.54 Å².